The van der Waals surface area contributed by atoms with Crippen molar-refractivity contribution in [2.45, 2.75) is 75.5 Å². The number of hydrogen-bond donors (Lipinski definition) is 8. The number of primary amides is 1. The predicted molar refractivity (Wildman–Crippen MR) is 134 cm³/mol. The lowest BCUT2D eigenvalue weighted by atomic mass is 10.0. The van der Waals surface area contributed by atoms with Crippen molar-refractivity contribution in [3.8, 4) is 0 Å². The molecule has 14 heteroatoms. The van der Waals surface area contributed by atoms with Crippen LogP contribution in [0.25, 0.3) is 0 Å². The number of carbonyl (C=O) groups is 5. The summed E-state index contributed by atoms with van der Waals surface area (Å²) in [5, 5.41) is 16.8. The smallest absolute Gasteiger partial charge is 0.326 e. The molecule has 0 aliphatic heterocycles. The average molecular weight is 520 g/mol. The third-order valence-corrected chi connectivity index (χ3v) is 5.79. The van der Waals surface area contributed by atoms with E-state index < -0.39 is 60.2 Å². The molecule has 0 aliphatic carbocycles. The van der Waals surface area contributed by atoms with E-state index in [0.717, 1.165) is 0 Å². The van der Waals surface area contributed by atoms with Crippen molar-refractivity contribution in [3.05, 3.63) is 0 Å². The lowest BCUT2D eigenvalue weighted by molar-refractivity contribution is -0.143. The summed E-state index contributed by atoms with van der Waals surface area (Å²) in [7, 11) is 0. The number of nitrogens with one attached hydrogen (secondary N) is 3. The number of unbranched alkanes of at least 4 members (excludes halogenated alkanes) is 2. The van der Waals surface area contributed by atoms with Crippen LogP contribution in [0.2, 0.25) is 0 Å². The van der Waals surface area contributed by atoms with Gasteiger partial charge in [-0.15, -0.1) is 0 Å². The van der Waals surface area contributed by atoms with Crippen LogP contribution in [0.5, 0.6) is 0 Å². The van der Waals surface area contributed by atoms with Crippen LogP contribution < -0.4 is 38.9 Å². The molecular formula is C21H41N7O6S. The van der Waals surface area contributed by atoms with Gasteiger partial charge in [-0.25, -0.2) is 4.79 Å². The van der Waals surface area contributed by atoms with E-state index in [4.69, 9.17) is 22.9 Å². The highest BCUT2D eigenvalue weighted by Crippen LogP contribution is 2.07. The summed E-state index contributed by atoms with van der Waals surface area (Å²) in [6.07, 6.45) is 4.42. The van der Waals surface area contributed by atoms with Crippen LogP contribution in [-0.2, 0) is 24.0 Å². The summed E-state index contributed by atoms with van der Waals surface area (Å²) in [6, 6.07) is -4.40. The fraction of sp³-hybridized carbons (Fsp3) is 0.762. The van der Waals surface area contributed by atoms with E-state index in [1.165, 1.54) is 0 Å². The van der Waals surface area contributed by atoms with Crippen LogP contribution in [0.1, 0.15) is 51.4 Å². The van der Waals surface area contributed by atoms with Gasteiger partial charge in [-0.3, -0.25) is 19.2 Å². The Hall–Kier alpha value is -2.42. The van der Waals surface area contributed by atoms with Gasteiger partial charge in [-0.2, -0.15) is 11.8 Å². The molecule has 0 heterocycles. The van der Waals surface area contributed by atoms with Crippen molar-refractivity contribution in [1.82, 2.24) is 16.0 Å². The maximum atomic E-state index is 13.1. The van der Waals surface area contributed by atoms with Crippen molar-refractivity contribution in [1.29, 1.82) is 0 Å². The number of hydrogen-bond acceptors (Lipinski definition) is 9. The minimum absolute atomic E-state index is 0.175. The second-order valence-corrected chi connectivity index (χ2v) is 9.13. The van der Waals surface area contributed by atoms with Crippen LogP contribution in [0.4, 0.5) is 0 Å². The number of carboxylic acids is 1. The first-order valence-corrected chi connectivity index (χ1v) is 13.0. The molecule has 0 aromatic carbocycles. The van der Waals surface area contributed by atoms with Gasteiger partial charge in [0.15, 0.2) is 0 Å². The summed E-state index contributed by atoms with van der Waals surface area (Å²) < 4.78 is 0. The summed E-state index contributed by atoms with van der Waals surface area (Å²) >= 11 is 1.54. The van der Waals surface area contributed by atoms with E-state index >= 15 is 0 Å². The quantitative estimate of drug-likeness (QED) is 0.0802. The van der Waals surface area contributed by atoms with E-state index in [2.05, 4.69) is 16.0 Å². The summed E-state index contributed by atoms with van der Waals surface area (Å²) in [5.41, 5.74) is 22.0. The SMILES string of the molecule is CSCC[C@H](N)C(=O)N[C@@H](CCCCN)C(=O)N[C@@H](CCCCN)C(=O)N[C@@H](CC(N)=O)C(=O)O. The lowest BCUT2D eigenvalue weighted by Gasteiger charge is -2.25. The zero-order valence-electron chi connectivity index (χ0n) is 20.3. The Morgan fingerprint density at radius 2 is 1.23 bits per heavy atom. The summed E-state index contributed by atoms with van der Waals surface area (Å²) in [6.45, 7) is 0.781. The van der Waals surface area contributed by atoms with Gasteiger partial charge in [0.05, 0.1) is 12.5 Å². The monoisotopic (exact) mass is 519 g/mol. The van der Waals surface area contributed by atoms with Gasteiger partial charge >= 0.3 is 5.97 Å². The molecule has 0 aliphatic rings. The second-order valence-electron chi connectivity index (χ2n) is 8.15. The van der Waals surface area contributed by atoms with E-state index in [1.807, 2.05) is 6.26 Å². The molecule has 12 N–H and O–H groups in total. The Kier molecular flexibility index (Phi) is 17.5. The topological polar surface area (TPSA) is 246 Å². The number of rotatable bonds is 20. The number of nitrogens with two attached hydrogens (primary N) is 4. The predicted octanol–water partition coefficient (Wildman–Crippen LogP) is -2.26. The van der Waals surface area contributed by atoms with Gasteiger partial charge < -0.3 is 44.0 Å². The van der Waals surface area contributed by atoms with Crippen molar-refractivity contribution in [2.75, 3.05) is 25.1 Å². The first-order chi connectivity index (χ1) is 16.6. The standard InChI is InChI=1S/C21H41N7O6S/c1-35-11-8-13(24)18(30)26-14(6-2-4-9-22)19(31)27-15(7-3-5-10-23)20(32)28-16(21(33)34)12-17(25)29/h13-16H,2-12,22-24H2,1H3,(H2,25,29)(H,26,30)(H,27,31)(H,28,32)(H,33,34)/t13-,14-,15-,16-/m0/s1. The lowest BCUT2D eigenvalue weighted by Crippen LogP contribution is -2.57. The second kappa shape index (κ2) is 18.9. The fourth-order valence-corrected chi connectivity index (χ4v) is 3.61. The van der Waals surface area contributed by atoms with Crippen molar-refractivity contribution in [2.24, 2.45) is 22.9 Å². The first-order valence-electron chi connectivity index (χ1n) is 11.6. The molecule has 202 valence electrons. The molecule has 0 aromatic heterocycles. The highest BCUT2D eigenvalue weighted by atomic mass is 32.2. The van der Waals surface area contributed by atoms with Crippen molar-refractivity contribution in [3.63, 3.8) is 0 Å². The van der Waals surface area contributed by atoms with Crippen LogP contribution in [0.15, 0.2) is 0 Å². The zero-order valence-corrected chi connectivity index (χ0v) is 21.1. The first kappa shape index (κ1) is 32.6. The molecule has 0 unspecified atom stereocenters. The Morgan fingerprint density at radius 3 is 1.63 bits per heavy atom. The van der Waals surface area contributed by atoms with E-state index in [9.17, 15) is 29.1 Å². The van der Waals surface area contributed by atoms with Crippen LogP contribution in [0.3, 0.4) is 0 Å². The summed E-state index contributed by atoms with van der Waals surface area (Å²) in [4.78, 5) is 60.9. The van der Waals surface area contributed by atoms with Crippen LogP contribution in [0, 0.1) is 0 Å². The number of amides is 4. The number of thioether (sulfide) groups is 1. The van der Waals surface area contributed by atoms with Crippen molar-refractivity contribution >= 4 is 41.4 Å². The van der Waals surface area contributed by atoms with Gasteiger partial charge in [-0.1, -0.05) is 0 Å². The van der Waals surface area contributed by atoms with E-state index in [-0.39, 0.29) is 12.8 Å². The third-order valence-electron chi connectivity index (χ3n) is 5.15. The third kappa shape index (κ3) is 14.5. The largest absolute Gasteiger partial charge is 0.480 e. The molecule has 35 heavy (non-hydrogen) atoms. The molecule has 0 aromatic rings. The molecule has 13 nitrogen and oxygen atoms in total. The molecule has 4 amide bonds. The molecule has 0 saturated heterocycles. The maximum Gasteiger partial charge on any atom is 0.326 e. The number of carboxylic acid groups (broad SMARTS) is 1. The molecule has 0 spiro atoms. The molecule has 0 saturated carbocycles. The molecule has 0 radical (unpaired) electrons. The minimum atomic E-state index is -1.54. The van der Waals surface area contributed by atoms with E-state index in [1.54, 1.807) is 11.8 Å². The Bertz CT molecular complexity index is 697. The Morgan fingerprint density at radius 1 is 0.771 bits per heavy atom. The van der Waals surface area contributed by atoms with Gasteiger partial charge in [0.25, 0.3) is 0 Å². The molecule has 0 fully saturated rings. The maximum absolute atomic E-state index is 13.1. The Labute approximate surface area is 210 Å². The minimum Gasteiger partial charge on any atom is -0.480 e. The van der Waals surface area contributed by atoms with Crippen LogP contribution in [-0.4, -0.2) is 84.0 Å². The molecule has 4 atom stereocenters. The van der Waals surface area contributed by atoms with Gasteiger partial charge in [0.1, 0.15) is 18.1 Å². The zero-order chi connectivity index (χ0) is 26.8. The normalized spacial score (nSPS) is 14.3. The highest BCUT2D eigenvalue weighted by Gasteiger charge is 2.30. The fourth-order valence-electron chi connectivity index (χ4n) is 3.12. The Balaban J connectivity index is 5.49. The molecular weight excluding hydrogens is 478 g/mol. The van der Waals surface area contributed by atoms with Crippen molar-refractivity contribution < 1.29 is 29.1 Å². The highest BCUT2D eigenvalue weighted by molar-refractivity contribution is 7.98. The average Bonchev–Trinajstić information content (AvgIpc) is 2.80. The van der Waals surface area contributed by atoms with Crippen LogP contribution >= 0.6 is 11.8 Å². The molecule has 0 bridgehead atoms. The summed E-state index contributed by atoms with van der Waals surface area (Å²) in [5.74, 6) is -3.53. The van der Waals surface area contributed by atoms with Gasteiger partial charge in [0.2, 0.25) is 23.6 Å². The molecule has 0 rings (SSSR count). The number of carbonyl (C=O) groups excluding carboxylic acids is 4. The van der Waals surface area contributed by atoms with E-state index in [0.29, 0.717) is 50.9 Å². The number of aliphatic carboxylic acids is 1. The van der Waals surface area contributed by atoms with Gasteiger partial charge in [0, 0.05) is 0 Å². The van der Waals surface area contributed by atoms with Gasteiger partial charge in [-0.05, 0) is 70.0 Å².